The van der Waals surface area contributed by atoms with E-state index in [0.717, 1.165) is 22.4 Å². The first-order valence-corrected chi connectivity index (χ1v) is 11.1. The Bertz CT molecular complexity index is 1290. The van der Waals surface area contributed by atoms with Crippen LogP contribution in [0.4, 0.5) is 11.4 Å². The van der Waals surface area contributed by atoms with E-state index in [2.05, 4.69) is 21.2 Å². The summed E-state index contributed by atoms with van der Waals surface area (Å²) in [7, 11) is 0. The molecule has 1 heterocycles. The maximum atomic E-state index is 11.5. The van der Waals surface area contributed by atoms with Crippen LogP contribution < -0.4 is 5.32 Å². The van der Waals surface area contributed by atoms with Gasteiger partial charge in [-0.3, -0.25) is 10.1 Å². The lowest BCUT2D eigenvalue weighted by Gasteiger charge is -2.44. The molecule has 7 heteroatoms. The number of nitro groups is 1. The number of phenolic OH excluding ortho intramolecular Hbond substituents is 1. The van der Waals surface area contributed by atoms with E-state index in [1.165, 1.54) is 6.07 Å². The van der Waals surface area contributed by atoms with Crippen molar-refractivity contribution in [2.45, 2.75) is 11.8 Å². The van der Waals surface area contributed by atoms with Crippen molar-refractivity contribution in [2.75, 3.05) is 5.32 Å². The smallest absolute Gasteiger partial charge is 0.312 e. The summed E-state index contributed by atoms with van der Waals surface area (Å²) in [5, 5.41) is 25.7. The zero-order chi connectivity index (χ0) is 23.0. The maximum absolute atomic E-state index is 11.5. The van der Waals surface area contributed by atoms with Gasteiger partial charge in [0.25, 0.3) is 0 Å². The van der Waals surface area contributed by atoms with Crippen molar-refractivity contribution in [1.29, 1.82) is 0 Å². The van der Waals surface area contributed by atoms with Gasteiger partial charge in [-0.1, -0.05) is 94.8 Å². The topological polar surface area (TPSA) is 84.6 Å². The van der Waals surface area contributed by atoms with Crippen molar-refractivity contribution in [2.24, 2.45) is 0 Å². The number of nitro benzene ring substituents is 1. The highest BCUT2D eigenvalue weighted by Gasteiger charge is 2.45. The van der Waals surface area contributed by atoms with E-state index >= 15 is 0 Å². The summed E-state index contributed by atoms with van der Waals surface area (Å²) < 4.78 is 7.28. The minimum atomic E-state index is -1.02. The molecule has 0 radical (unpaired) electrons. The van der Waals surface area contributed by atoms with Gasteiger partial charge in [-0.2, -0.15) is 0 Å². The normalized spacial score (nSPS) is 16.5. The second-order valence-corrected chi connectivity index (χ2v) is 8.64. The summed E-state index contributed by atoms with van der Waals surface area (Å²) in [5.41, 5.74) is 2.37. The average molecular weight is 503 g/mol. The molecule has 0 aromatic heterocycles. The first kappa shape index (κ1) is 21.2. The number of nitrogens with zero attached hydrogens (tertiary/aromatic N) is 1. The lowest BCUT2D eigenvalue weighted by molar-refractivity contribution is -0.386. The first-order valence-electron chi connectivity index (χ1n) is 10.3. The maximum Gasteiger partial charge on any atom is 0.312 e. The van der Waals surface area contributed by atoms with E-state index < -0.39 is 28.2 Å². The number of phenols is 1. The number of nitrogens with one attached hydrogen (secondary N) is 1. The molecule has 33 heavy (non-hydrogen) atoms. The molecule has 4 aromatic rings. The molecule has 164 valence electrons. The molecular weight excluding hydrogens is 484 g/mol. The van der Waals surface area contributed by atoms with E-state index in [1.807, 2.05) is 84.9 Å². The van der Waals surface area contributed by atoms with Crippen LogP contribution in [0.1, 0.15) is 28.5 Å². The quantitative estimate of drug-likeness (QED) is 0.246. The van der Waals surface area contributed by atoms with Crippen LogP contribution in [0, 0.1) is 10.1 Å². The van der Waals surface area contributed by atoms with Crippen molar-refractivity contribution in [1.82, 2.24) is 0 Å². The third-order valence-corrected chi connectivity index (χ3v) is 6.27. The molecule has 0 spiro atoms. The predicted octanol–water partition coefficient (Wildman–Crippen LogP) is 6.50. The molecule has 0 saturated heterocycles. The molecule has 1 atom stereocenters. The number of fused-ring (bicyclic) bond motifs is 1. The number of benzene rings is 4. The van der Waals surface area contributed by atoms with Crippen LogP contribution in [0.25, 0.3) is 0 Å². The molecule has 1 aliphatic heterocycles. The van der Waals surface area contributed by atoms with Gasteiger partial charge in [0.05, 0.1) is 10.5 Å². The fourth-order valence-electron chi connectivity index (χ4n) is 4.37. The standard InChI is InChI=1S/C26H19BrN2O4/c27-19-15-20(24(30)23(16-19)29(31)32)25-28-22-14-8-7-13-21(22)26(33-25,17-9-3-1-4-10-17)18-11-5-2-6-12-18/h1-16,25,28,30H/t25-/m1/s1. The third kappa shape index (κ3) is 3.55. The largest absolute Gasteiger partial charge is 0.502 e. The molecule has 5 rings (SSSR count). The van der Waals surface area contributed by atoms with Crippen LogP contribution in [0.2, 0.25) is 0 Å². The van der Waals surface area contributed by atoms with Crippen molar-refractivity contribution >= 4 is 27.3 Å². The van der Waals surface area contributed by atoms with Crippen LogP contribution in [-0.4, -0.2) is 10.0 Å². The number of para-hydroxylation sites is 1. The lowest BCUT2D eigenvalue weighted by Crippen LogP contribution is -2.40. The summed E-state index contributed by atoms with van der Waals surface area (Å²) in [6.07, 6.45) is -0.864. The Morgan fingerprint density at radius 2 is 1.48 bits per heavy atom. The summed E-state index contributed by atoms with van der Waals surface area (Å²) in [6.45, 7) is 0. The number of hydrogen-bond donors (Lipinski definition) is 2. The third-order valence-electron chi connectivity index (χ3n) is 5.81. The lowest BCUT2D eigenvalue weighted by atomic mass is 9.78. The number of anilines is 1. The second kappa shape index (κ2) is 8.35. The highest BCUT2D eigenvalue weighted by Crippen LogP contribution is 2.51. The van der Waals surface area contributed by atoms with Gasteiger partial charge in [-0.05, 0) is 23.3 Å². The SMILES string of the molecule is O=[N+]([O-])c1cc(Br)cc([C@@H]2Nc3ccccc3C(c3ccccc3)(c3ccccc3)O2)c1O. The van der Waals surface area contributed by atoms with E-state index in [4.69, 9.17) is 4.74 Å². The van der Waals surface area contributed by atoms with E-state index in [0.29, 0.717) is 4.47 Å². The van der Waals surface area contributed by atoms with Crippen LogP contribution in [-0.2, 0) is 10.3 Å². The van der Waals surface area contributed by atoms with Crippen LogP contribution in [0.3, 0.4) is 0 Å². The highest BCUT2D eigenvalue weighted by atomic mass is 79.9. The Kier molecular flexibility index (Phi) is 5.36. The molecule has 0 amide bonds. The van der Waals surface area contributed by atoms with Crippen molar-refractivity contribution in [3.8, 4) is 5.75 Å². The number of rotatable bonds is 4. The molecule has 2 N–H and O–H groups in total. The molecule has 0 saturated carbocycles. The summed E-state index contributed by atoms with van der Waals surface area (Å²) in [5.74, 6) is -0.435. The number of aromatic hydroxyl groups is 1. The Hall–Kier alpha value is -3.68. The summed E-state index contributed by atoms with van der Waals surface area (Å²) in [6, 6.07) is 30.4. The molecule has 0 aliphatic carbocycles. The van der Waals surface area contributed by atoms with Gasteiger partial charge < -0.3 is 15.2 Å². The highest BCUT2D eigenvalue weighted by molar-refractivity contribution is 9.10. The van der Waals surface area contributed by atoms with E-state index in [-0.39, 0.29) is 5.56 Å². The molecule has 4 aromatic carbocycles. The molecular formula is C26H19BrN2O4. The Morgan fingerprint density at radius 1 is 0.909 bits per heavy atom. The Labute approximate surface area is 198 Å². The number of hydrogen-bond acceptors (Lipinski definition) is 5. The van der Waals surface area contributed by atoms with Gasteiger partial charge in [-0.15, -0.1) is 0 Å². The fraction of sp³-hybridized carbons (Fsp3) is 0.0769. The van der Waals surface area contributed by atoms with Gasteiger partial charge in [0.15, 0.2) is 6.23 Å². The van der Waals surface area contributed by atoms with Gasteiger partial charge in [-0.25, -0.2) is 0 Å². The van der Waals surface area contributed by atoms with E-state index in [1.54, 1.807) is 6.07 Å². The molecule has 0 bridgehead atoms. The Balaban J connectivity index is 1.79. The first-order chi connectivity index (χ1) is 16.0. The van der Waals surface area contributed by atoms with E-state index in [9.17, 15) is 15.2 Å². The van der Waals surface area contributed by atoms with Crippen LogP contribution >= 0.6 is 15.9 Å². The zero-order valence-electron chi connectivity index (χ0n) is 17.3. The second-order valence-electron chi connectivity index (χ2n) is 7.72. The number of halogens is 1. The Morgan fingerprint density at radius 3 is 2.09 bits per heavy atom. The van der Waals surface area contributed by atoms with Crippen molar-refractivity contribution in [3.63, 3.8) is 0 Å². The molecule has 1 aliphatic rings. The molecule has 6 nitrogen and oxygen atoms in total. The predicted molar refractivity (Wildman–Crippen MR) is 129 cm³/mol. The van der Waals surface area contributed by atoms with Crippen molar-refractivity contribution in [3.05, 3.63) is 134 Å². The molecule has 0 fully saturated rings. The van der Waals surface area contributed by atoms with Crippen LogP contribution in [0.15, 0.2) is 102 Å². The monoisotopic (exact) mass is 502 g/mol. The summed E-state index contributed by atoms with van der Waals surface area (Å²) in [4.78, 5) is 10.9. The minimum Gasteiger partial charge on any atom is -0.502 e. The molecule has 0 unspecified atom stereocenters. The van der Waals surface area contributed by atoms with Crippen molar-refractivity contribution < 1.29 is 14.8 Å². The minimum absolute atomic E-state index is 0.266. The zero-order valence-corrected chi connectivity index (χ0v) is 18.9. The van der Waals surface area contributed by atoms with Gasteiger partial charge >= 0.3 is 5.69 Å². The average Bonchev–Trinajstić information content (AvgIpc) is 2.85. The number of ether oxygens (including phenoxy) is 1. The summed E-state index contributed by atoms with van der Waals surface area (Å²) >= 11 is 3.33. The van der Waals surface area contributed by atoms with Gasteiger partial charge in [0.1, 0.15) is 5.60 Å². The van der Waals surface area contributed by atoms with Gasteiger partial charge in [0.2, 0.25) is 5.75 Å². The fourth-order valence-corrected chi connectivity index (χ4v) is 4.84. The van der Waals surface area contributed by atoms with Gasteiger partial charge in [0, 0.05) is 21.8 Å². The van der Waals surface area contributed by atoms with Crippen LogP contribution in [0.5, 0.6) is 5.75 Å².